The molecule has 0 radical (unpaired) electrons. The monoisotopic (exact) mass is 295 g/mol. The first-order chi connectivity index (χ1) is 9.43. The average Bonchev–Trinajstić information content (AvgIpc) is 2.77. The number of fused-ring (bicyclic) bond motifs is 2. The zero-order valence-electron chi connectivity index (χ0n) is 11.7. The van der Waals surface area contributed by atoms with Crippen molar-refractivity contribution in [2.45, 2.75) is 30.7 Å². The predicted molar refractivity (Wildman–Crippen MR) is 79.1 cm³/mol. The van der Waals surface area contributed by atoms with Gasteiger partial charge in [0.25, 0.3) is 0 Å². The molecular formula is C14H21N3O2S. The molecule has 2 fully saturated rings. The standard InChI is InChI=1S/C14H21N3O2S/c1-10-2-3-12(20(15,18)19)8-14(10)16-13-5-7-17-6-4-11(13)9-17/h2-3,8,11,13,16H,4-7,9H2,1H3,(H2,15,18,19). The van der Waals surface area contributed by atoms with Gasteiger partial charge in [-0.15, -0.1) is 0 Å². The summed E-state index contributed by atoms with van der Waals surface area (Å²) in [4.78, 5) is 2.67. The van der Waals surface area contributed by atoms with E-state index >= 15 is 0 Å². The van der Waals surface area contributed by atoms with Crippen molar-refractivity contribution in [1.29, 1.82) is 0 Å². The SMILES string of the molecule is Cc1ccc(S(N)(=O)=O)cc1NC1CCN2CCC1C2. The zero-order valence-corrected chi connectivity index (χ0v) is 12.5. The number of anilines is 1. The van der Waals surface area contributed by atoms with Crippen LogP contribution in [0.4, 0.5) is 5.69 Å². The van der Waals surface area contributed by atoms with Crippen LogP contribution in [-0.4, -0.2) is 39.0 Å². The number of nitrogens with zero attached hydrogens (tertiary/aromatic N) is 1. The van der Waals surface area contributed by atoms with Crippen molar-refractivity contribution in [3.05, 3.63) is 23.8 Å². The number of nitrogens with one attached hydrogen (secondary N) is 1. The minimum atomic E-state index is -3.64. The first kappa shape index (κ1) is 13.9. The molecule has 110 valence electrons. The summed E-state index contributed by atoms with van der Waals surface area (Å²) >= 11 is 0. The molecule has 0 spiro atoms. The van der Waals surface area contributed by atoms with E-state index in [4.69, 9.17) is 5.14 Å². The summed E-state index contributed by atoms with van der Waals surface area (Å²) in [5, 5.41) is 8.75. The highest BCUT2D eigenvalue weighted by molar-refractivity contribution is 7.89. The van der Waals surface area contributed by atoms with Crippen LogP contribution in [-0.2, 0) is 10.0 Å². The van der Waals surface area contributed by atoms with E-state index in [9.17, 15) is 8.42 Å². The summed E-state index contributed by atoms with van der Waals surface area (Å²) in [6.07, 6.45) is 2.34. The van der Waals surface area contributed by atoms with Crippen LogP contribution in [0.25, 0.3) is 0 Å². The van der Waals surface area contributed by atoms with E-state index in [1.165, 1.54) is 13.0 Å². The largest absolute Gasteiger partial charge is 0.382 e. The van der Waals surface area contributed by atoms with Crippen molar-refractivity contribution in [2.75, 3.05) is 25.0 Å². The molecule has 0 saturated carbocycles. The quantitative estimate of drug-likeness (QED) is 0.877. The fourth-order valence-electron chi connectivity index (χ4n) is 3.27. The summed E-state index contributed by atoms with van der Waals surface area (Å²) in [6.45, 7) is 5.46. The third-order valence-electron chi connectivity index (χ3n) is 4.51. The Kier molecular flexibility index (Phi) is 3.48. The number of rotatable bonds is 3. The highest BCUT2D eigenvalue weighted by atomic mass is 32.2. The fourth-order valence-corrected chi connectivity index (χ4v) is 3.81. The van der Waals surface area contributed by atoms with Crippen LogP contribution in [0.1, 0.15) is 18.4 Å². The van der Waals surface area contributed by atoms with Crippen LogP contribution in [0, 0.1) is 12.8 Å². The molecule has 2 heterocycles. The molecule has 0 aliphatic carbocycles. The molecule has 1 aromatic rings. The van der Waals surface area contributed by atoms with Crippen LogP contribution in [0.15, 0.2) is 23.1 Å². The van der Waals surface area contributed by atoms with E-state index in [0.29, 0.717) is 12.0 Å². The van der Waals surface area contributed by atoms with Gasteiger partial charge in [0.2, 0.25) is 10.0 Å². The van der Waals surface area contributed by atoms with Gasteiger partial charge in [-0.2, -0.15) is 0 Å². The van der Waals surface area contributed by atoms with E-state index in [2.05, 4.69) is 10.2 Å². The zero-order chi connectivity index (χ0) is 14.3. The number of nitrogens with two attached hydrogens (primary N) is 1. The maximum Gasteiger partial charge on any atom is 0.238 e. The van der Waals surface area contributed by atoms with Crippen molar-refractivity contribution >= 4 is 15.7 Å². The number of primary sulfonamides is 1. The lowest BCUT2D eigenvalue weighted by Gasteiger charge is -2.32. The Hall–Kier alpha value is -1.11. The van der Waals surface area contributed by atoms with Gasteiger partial charge in [-0.25, -0.2) is 13.6 Å². The van der Waals surface area contributed by atoms with Gasteiger partial charge in [0.1, 0.15) is 0 Å². The Morgan fingerprint density at radius 1 is 1.30 bits per heavy atom. The van der Waals surface area contributed by atoms with E-state index in [1.54, 1.807) is 12.1 Å². The molecule has 2 bridgehead atoms. The lowest BCUT2D eigenvalue weighted by molar-refractivity contribution is 0.255. The van der Waals surface area contributed by atoms with Crippen LogP contribution >= 0.6 is 0 Å². The number of hydrogen-bond donors (Lipinski definition) is 2. The molecule has 1 aromatic carbocycles. The van der Waals surface area contributed by atoms with Gasteiger partial charge in [0, 0.05) is 24.8 Å². The molecule has 3 N–H and O–H groups in total. The molecule has 20 heavy (non-hydrogen) atoms. The third-order valence-corrected chi connectivity index (χ3v) is 5.42. The van der Waals surface area contributed by atoms with Gasteiger partial charge in [0.15, 0.2) is 0 Å². The molecule has 0 aromatic heterocycles. The lowest BCUT2D eigenvalue weighted by atomic mass is 9.93. The van der Waals surface area contributed by atoms with Crippen molar-refractivity contribution in [3.8, 4) is 0 Å². The highest BCUT2D eigenvalue weighted by Crippen LogP contribution is 2.30. The minimum absolute atomic E-state index is 0.175. The Bertz CT molecular complexity index is 615. The van der Waals surface area contributed by atoms with Crippen LogP contribution in [0.5, 0.6) is 0 Å². The molecule has 2 saturated heterocycles. The van der Waals surface area contributed by atoms with Gasteiger partial charge in [0.05, 0.1) is 4.90 Å². The summed E-state index contributed by atoms with van der Waals surface area (Å²) in [5.74, 6) is 0.668. The number of benzene rings is 1. The molecule has 3 unspecified atom stereocenters. The predicted octanol–water partition coefficient (Wildman–Crippen LogP) is 1.15. The van der Waals surface area contributed by atoms with Gasteiger partial charge < -0.3 is 10.2 Å². The molecule has 2 aliphatic heterocycles. The molecule has 0 amide bonds. The first-order valence-electron chi connectivity index (χ1n) is 7.06. The summed E-state index contributed by atoms with van der Waals surface area (Å²) in [7, 11) is -3.64. The Balaban J connectivity index is 1.83. The van der Waals surface area contributed by atoms with Gasteiger partial charge in [-0.05, 0) is 49.9 Å². The molecule has 3 atom stereocenters. The Morgan fingerprint density at radius 2 is 2.05 bits per heavy atom. The van der Waals surface area contributed by atoms with Gasteiger partial charge in [-0.3, -0.25) is 0 Å². The van der Waals surface area contributed by atoms with Crippen LogP contribution in [0.3, 0.4) is 0 Å². The van der Waals surface area contributed by atoms with E-state index in [-0.39, 0.29) is 4.90 Å². The number of sulfonamides is 1. The second-order valence-electron chi connectivity index (χ2n) is 5.91. The fraction of sp³-hybridized carbons (Fsp3) is 0.571. The maximum absolute atomic E-state index is 11.5. The highest BCUT2D eigenvalue weighted by Gasteiger charge is 2.34. The van der Waals surface area contributed by atoms with Crippen LogP contribution in [0.2, 0.25) is 0 Å². The number of aryl methyl sites for hydroxylation is 1. The molecule has 2 aliphatic rings. The normalized spacial score (nSPS) is 29.4. The van der Waals surface area contributed by atoms with Gasteiger partial charge in [-0.1, -0.05) is 6.07 Å². The summed E-state index contributed by atoms with van der Waals surface area (Å²) in [5.41, 5.74) is 1.94. The number of piperidine rings is 1. The molecule has 6 heteroatoms. The minimum Gasteiger partial charge on any atom is -0.382 e. The summed E-state index contributed by atoms with van der Waals surface area (Å²) < 4.78 is 22.9. The van der Waals surface area contributed by atoms with Crippen molar-refractivity contribution in [3.63, 3.8) is 0 Å². The second-order valence-corrected chi connectivity index (χ2v) is 7.47. The van der Waals surface area contributed by atoms with E-state index < -0.39 is 10.0 Å². The van der Waals surface area contributed by atoms with E-state index in [0.717, 1.165) is 30.8 Å². The maximum atomic E-state index is 11.5. The van der Waals surface area contributed by atoms with Crippen LogP contribution < -0.4 is 10.5 Å². The Labute approximate surface area is 120 Å². The van der Waals surface area contributed by atoms with Crippen molar-refractivity contribution < 1.29 is 8.42 Å². The van der Waals surface area contributed by atoms with E-state index in [1.807, 2.05) is 13.0 Å². The smallest absolute Gasteiger partial charge is 0.238 e. The average molecular weight is 295 g/mol. The topological polar surface area (TPSA) is 75.4 Å². The lowest BCUT2D eigenvalue weighted by Crippen LogP contribution is -2.39. The third kappa shape index (κ3) is 2.68. The Morgan fingerprint density at radius 3 is 2.80 bits per heavy atom. The molecular weight excluding hydrogens is 274 g/mol. The van der Waals surface area contributed by atoms with Crippen molar-refractivity contribution in [1.82, 2.24) is 4.90 Å². The molecule has 5 nitrogen and oxygen atoms in total. The van der Waals surface area contributed by atoms with Gasteiger partial charge >= 0.3 is 0 Å². The summed E-state index contributed by atoms with van der Waals surface area (Å²) in [6, 6.07) is 5.47. The first-order valence-corrected chi connectivity index (χ1v) is 8.60. The molecule has 3 rings (SSSR count). The second kappa shape index (κ2) is 5.02. The number of hydrogen-bond acceptors (Lipinski definition) is 4. The van der Waals surface area contributed by atoms with Crippen molar-refractivity contribution in [2.24, 2.45) is 11.1 Å².